The van der Waals surface area contributed by atoms with Crippen molar-refractivity contribution in [1.29, 1.82) is 0 Å². The first-order chi connectivity index (χ1) is 8.36. The fourth-order valence-corrected chi connectivity index (χ4v) is 2.88. The summed E-state index contributed by atoms with van der Waals surface area (Å²) >= 11 is 3.09. The molecule has 1 amide bonds. The predicted molar refractivity (Wildman–Crippen MR) is 77.1 cm³/mol. The van der Waals surface area contributed by atoms with Crippen LogP contribution >= 0.6 is 22.7 Å². The number of hydrogen-bond donors (Lipinski definition) is 2. The lowest BCUT2D eigenvalue weighted by atomic mass is 10.1. The molecule has 0 saturated heterocycles. The molecule has 0 atom stereocenters. The van der Waals surface area contributed by atoms with Gasteiger partial charge in [-0.3, -0.25) is 4.79 Å². The van der Waals surface area contributed by atoms with E-state index in [0.717, 1.165) is 10.6 Å². The van der Waals surface area contributed by atoms with E-state index in [0.29, 0.717) is 5.13 Å². The van der Waals surface area contributed by atoms with Gasteiger partial charge in [-0.05, 0) is 32.9 Å². The van der Waals surface area contributed by atoms with E-state index in [9.17, 15) is 4.79 Å². The molecule has 0 aliphatic carbocycles. The van der Waals surface area contributed by atoms with Gasteiger partial charge in [-0.2, -0.15) is 0 Å². The third kappa shape index (κ3) is 2.95. The number of carbonyl (C=O) groups excluding carboxylic acids is 1. The van der Waals surface area contributed by atoms with Crippen LogP contribution in [-0.4, -0.2) is 16.4 Å². The number of rotatable bonds is 3. The lowest BCUT2D eigenvalue weighted by Crippen LogP contribution is -2.45. The highest BCUT2D eigenvalue weighted by Crippen LogP contribution is 2.30. The average Bonchev–Trinajstić information content (AvgIpc) is 2.85. The SMILES string of the molecule is Cc1ccc(-c2csc(NC(=O)C(C)(C)N)n2)s1. The number of aromatic nitrogens is 1. The number of aryl methyl sites for hydroxylation is 1. The lowest BCUT2D eigenvalue weighted by Gasteiger charge is -2.16. The van der Waals surface area contributed by atoms with E-state index >= 15 is 0 Å². The minimum absolute atomic E-state index is 0.231. The van der Waals surface area contributed by atoms with Gasteiger partial charge in [0, 0.05) is 10.3 Å². The van der Waals surface area contributed by atoms with Gasteiger partial charge in [0.2, 0.25) is 5.91 Å². The minimum atomic E-state index is -0.897. The number of thiophene rings is 1. The van der Waals surface area contributed by atoms with Crippen molar-refractivity contribution in [3.63, 3.8) is 0 Å². The Hall–Kier alpha value is -1.24. The second kappa shape index (κ2) is 4.79. The van der Waals surface area contributed by atoms with Gasteiger partial charge in [0.05, 0.1) is 16.1 Å². The third-order valence-electron chi connectivity index (χ3n) is 2.30. The second-order valence-corrected chi connectivity index (χ2v) is 6.77. The number of nitrogens with two attached hydrogens (primary N) is 1. The summed E-state index contributed by atoms with van der Waals surface area (Å²) in [7, 11) is 0. The minimum Gasteiger partial charge on any atom is -0.318 e. The molecule has 4 nitrogen and oxygen atoms in total. The number of anilines is 1. The molecule has 2 aromatic heterocycles. The molecule has 0 spiro atoms. The maximum absolute atomic E-state index is 11.7. The van der Waals surface area contributed by atoms with Crippen LogP contribution < -0.4 is 11.1 Å². The van der Waals surface area contributed by atoms with E-state index in [1.807, 2.05) is 11.4 Å². The summed E-state index contributed by atoms with van der Waals surface area (Å²) in [6, 6.07) is 4.09. The Balaban J connectivity index is 2.14. The van der Waals surface area contributed by atoms with Crippen molar-refractivity contribution < 1.29 is 4.79 Å². The van der Waals surface area contributed by atoms with E-state index in [4.69, 9.17) is 5.73 Å². The number of carbonyl (C=O) groups is 1. The molecule has 18 heavy (non-hydrogen) atoms. The Kier molecular flexibility index (Phi) is 3.52. The zero-order chi connectivity index (χ0) is 13.3. The zero-order valence-electron chi connectivity index (χ0n) is 10.5. The number of nitrogens with one attached hydrogen (secondary N) is 1. The van der Waals surface area contributed by atoms with Gasteiger partial charge in [0.1, 0.15) is 0 Å². The largest absolute Gasteiger partial charge is 0.318 e. The first kappa shape index (κ1) is 13.2. The van der Waals surface area contributed by atoms with Gasteiger partial charge in [-0.15, -0.1) is 22.7 Å². The Labute approximate surface area is 114 Å². The van der Waals surface area contributed by atoms with Crippen molar-refractivity contribution in [3.05, 3.63) is 22.4 Å². The van der Waals surface area contributed by atoms with Crippen LogP contribution in [0, 0.1) is 6.92 Å². The third-order valence-corrected chi connectivity index (χ3v) is 4.08. The van der Waals surface area contributed by atoms with Crippen LogP contribution in [0.1, 0.15) is 18.7 Å². The molecule has 2 aromatic rings. The maximum atomic E-state index is 11.7. The second-order valence-electron chi connectivity index (χ2n) is 4.62. The van der Waals surface area contributed by atoms with Crippen molar-refractivity contribution in [2.24, 2.45) is 5.73 Å². The standard InChI is InChI=1S/C12H15N3OS2/c1-7-4-5-9(18-7)8-6-17-11(14-8)15-10(16)12(2,3)13/h4-6H,13H2,1-3H3,(H,14,15,16). The van der Waals surface area contributed by atoms with Crippen molar-refractivity contribution in [2.75, 3.05) is 5.32 Å². The summed E-state index contributed by atoms with van der Waals surface area (Å²) < 4.78 is 0. The van der Waals surface area contributed by atoms with Crippen LogP contribution in [0.25, 0.3) is 10.6 Å². The van der Waals surface area contributed by atoms with Gasteiger partial charge in [0.25, 0.3) is 0 Å². The molecule has 0 aliphatic heterocycles. The Morgan fingerprint density at radius 1 is 1.44 bits per heavy atom. The van der Waals surface area contributed by atoms with Gasteiger partial charge in [-0.25, -0.2) is 4.98 Å². The van der Waals surface area contributed by atoms with Crippen LogP contribution in [0.3, 0.4) is 0 Å². The normalized spacial score (nSPS) is 11.6. The molecule has 3 N–H and O–H groups in total. The quantitative estimate of drug-likeness (QED) is 0.909. The van der Waals surface area contributed by atoms with Gasteiger partial charge in [-0.1, -0.05) is 0 Å². The first-order valence-corrected chi connectivity index (χ1v) is 7.18. The Morgan fingerprint density at radius 3 is 2.72 bits per heavy atom. The van der Waals surface area contributed by atoms with Gasteiger partial charge >= 0.3 is 0 Å². The molecule has 0 aromatic carbocycles. The van der Waals surface area contributed by atoms with Crippen LogP contribution in [0.5, 0.6) is 0 Å². The van der Waals surface area contributed by atoms with E-state index in [2.05, 4.69) is 23.3 Å². The Bertz CT molecular complexity index is 566. The summed E-state index contributed by atoms with van der Waals surface area (Å²) in [5, 5.41) is 5.24. The van der Waals surface area contributed by atoms with Crippen molar-refractivity contribution in [2.45, 2.75) is 26.3 Å². The molecule has 0 saturated carbocycles. The fraction of sp³-hybridized carbons (Fsp3) is 0.333. The van der Waals surface area contributed by atoms with Crippen LogP contribution in [0.2, 0.25) is 0 Å². The summed E-state index contributed by atoms with van der Waals surface area (Å²) in [4.78, 5) is 18.5. The highest BCUT2D eigenvalue weighted by Gasteiger charge is 2.22. The summed E-state index contributed by atoms with van der Waals surface area (Å²) in [6.07, 6.45) is 0. The molecule has 6 heteroatoms. The molecule has 0 unspecified atom stereocenters. The first-order valence-electron chi connectivity index (χ1n) is 5.49. The van der Waals surface area contributed by atoms with Crippen molar-refractivity contribution in [3.8, 4) is 10.6 Å². The fourth-order valence-electron chi connectivity index (χ4n) is 1.27. The predicted octanol–water partition coefficient (Wildman–Crippen LogP) is 2.86. The highest BCUT2D eigenvalue weighted by atomic mass is 32.1. The van der Waals surface area contributed by atoms with Crippen molar-refractivity contribution in [1.82, 2.24) is 4.98 Å². The molecule has 96 valence electrons. The maximum Gasteiger partial charge on any atom is 0.245 e. The number of amides is 1. The number of thiazole rings is 1. The molecule has 0 bridgehead atoms. The topological polar surface area (TPSA) is 68.0 Å². The Morgan fingerprint density at radius 2 is 2.17 bits per heavy atom. The van der Waals surface area contributed by atoms with Crippen LogP contribution in [0.4, 0.5) is 5.13 Å². The van der Waals surface area contributed by atoms with Crippen LogP contribution in [-0.2, 0) is 4.79 Å². The number of nitrogens with zero attached hydrogens (tertiary/aromatic N) is 1. The van der Waals surface area contributed by atoms with E-state index in [1.54, 1.807) is 25.2 Å². The van der Waals surface area contributed by atoms with E-state index in [1.165, 1.54) is 16.2 Å². The lowest BCUT2D eigenvalue weighted by molar-refractivity contribution is -0.120. The molecular formula is C12H15N3OS2. The summed E-state index contributed by atoms with van der Waals surface area (Å²) in [6.45, 7) is 5.39. The molecule has 0 fully saturated rings. The van der Waals surface area contributed by atoms with E-state index < -0.39 is 5.54 Å². The summed E-state index contributed by atoms with van der Waals surface area (Å²) in [5.41, 5.74) is 5.71. The molecule has 2 heterocycles. The smallest absolute Gasteiger partial charge is 0.245 e. The molecule has 0 radical (unpaired) electrons. The van der Waals surface area contributed by atoms with Crippen LogP contribution in [0.15, 0.2) is 17.5 Å². The van der Waals surface area contributed by atoms with Gasteiger partial charge < -0.3 is 11.1 Å². The molecule has 2 rings (SSSR count). The number of hydrogen-bond acceptors (Lipinski definition) is 5. The van der Waals surface area contributed by atoms with E-state index in [-0.39, 0.29) is 5.91 Å². The van der Waals surface area contributed by atoms with Crippen molar-refractivity contribution >= 4 is 33.7 Å². The summed E-state index contributed by atoms with van der Waals surface area (Å²) in [5.74, 6) is -0.231. The molecule has 0 aliphatic rings. The highest BCUT2D eigenvalue weighted by molar-refractivity contribution is 7.17. The zero-order valence-corrected chi connectivity index (χ0v) is 12.1. The van der Waals surface area contributed by atoms with Gasteiger partial charge in [0.15, 0.2) is 5.13 Å². The monoisotopic (exact) mass is 281 g/mol. The average molecular weight is 281 g/mol. The molecular weight excluding hydrogens is 266 g/mol.